The maximum atomic E-state index is 13.8. The minimum atomic E-state index is -4.19. The topological polar surface area (TPSA) is 107 Å². The van der Waals surface area contributed by atoms with Gasteiger partial charge in [0.05, 0.1) is 28.4 Å². The number of hydrogen-bond donors (Lipinski definition) is 2. The van der Waals surface area contributed by atoms with E-state index in [1.165, 1.54) is 29.2 Å². The van der Waals surface area contributed by atoms with Crippen molar-refractivity contribution in [1.82, 2.24) is 9.78 Å². The quantitative estimate of drug-likeness (QED) is 0.569. The molecule has 29 heavy (non-hydrogen) atoms. The average Bonchev–Trinajstić information content (AvgIpc) is 3.07. The van der Waals surface area contributed by atoms with Crippen LogP contribution >= 0.6 is 23.2 Å². The lowest BCUT2D eigenvalue weighted by Crippen LogP contribution is -2.18. The molecular weight excluding hydrogens is 449 g/mol. The lowest BCUT2D eigenvalue weighted by molar-refractivity contribution is -0.115. The summed E-state index contributed by atoms with van der Waals surface area (Å²) in [5.74, 6) is -2.45. The molecule has 0 saturated heterocycles. The van der Waals surface area contributed by atoms with Crippen LogP contribution < -0.4 is 10.5 Å². The second kappa shape index (κ2) is 8.07. The Morgan fingerprint density at radius 3 is 2.48 bits per heavy atom. The number of sulfonamides is 1. The van der Waals surface area contributed by atoms with Gasteiger partial charge in [-0.2, -0.15) is 5.10 Å². The van der Waals surface area contributed by atoms with Gasteiger partial charge in [0.1, 0.15) is 16.5 Å². The van der Waals surface area contributed by atoms with Crippen molar-refractivity contribution in [2.75, 3.05) is 5.32 Å². The van der Waals surface area contributed by atoms with Crippen LogP contribution in [0.3, 0.4) is 0 Å². The monoisotopic (exact) mass is 460 g/mol. The molecule has 0 unspecified atom stereocenters. The van der Waals surface area contributed by atoms with Gasteiger partial charge in [-0.1, -0.05) is 23.2 Å². The molecule has 1 heterocycles. The SMILES string of the molecule is NS(=O)(=O)c1cc(NC(=O)Cc2c(F)ccc(F)c2Cl)ccc1-n1cc(Cl)cn1. The number of halogens is 4. The number of carbonyl (C=O) groups excluding carboxylic acids is 1. The molecule has 0 saturated carbocycles. The molecule has 2 aromatic carbocycles. The van der Waals surface area contributed by atoms with Crippen molar-refractivity contribution >= 4 is 44.8 Å². The Bertz CT molecular complexity index is 1220. The van der Waals surface area contributed by atoms with E-state index in [1.54, 1.807) is 0 Å². The normalized spacial score (nSPS) is 11.5. The summed E-state index contributed by atoms with van der Waals surface area (Å²) < 4.78 is 52.5. The third kappa shape index (κ3) is 4.73. The second-order valence-corrected chi connectivity index (χ2v) is 8.22. The first-order valence-corrected chi connectivity index (χ1v) is 10.2. The summed E-state index contributed by atoms with van der Waals surface area (Å²) >= 11 is 11.5. The number of benzene rings is 2. The molecule has 0 atom stereocenters. The molecule has 0 fully saturated rings. The summed E-state index contributed by atoms with van der Waals surface area (Å²) in [6.45, 7) is 0. The minimum absolute atomic E-state index is 0.0639. The minimum Gasteiger partial charge on any atom is -0.326 e. The fourth-order valence-corrected chi connectivity index (χ4v) is 3.64. The average molecular weight is 461 g/mol. The van der Waals surface area contributed by atoms with E-state index in [2.05, 4.69) is 10.4 Å². The number of hydrogen-bond acceptors (Lipinski definition) is 4. The third-order valence-corrected chi connectivity index (χ3v) is 5.37. The van der Waals surface area contributed by atoms with Crippen LogP contribution in [0.5, 0.6) is 0 Å². The molecule has 3 rings (SSSR count). The molecule has 3 N–H and O–H groups in total. The highest BCUT2D eigenvalue weighted by Crippen LogP contribution is 2.26. The van der Waals surface area contributed by atoms with Gasteiger partial charge in [-0.3, -0.25) is 4.79 Å². The maximum absolute atomic E-state index is 13.8. The smallest absolute Gasteiger partial charge is 0.240 e. The molecule has 7 nitrogen and oxygen atoms in total. The maximum Gasteiger partial charge on any atom is 0.240 e. The molecule has 0 aliphatic rings. The third-order valence-electron chi connectivity index (χ3n) is 3.82. The number of anilines is 1. The van der Waals surface area contributed by atoms with Crippen LogP contribution in [-0.2, 0) is 21.2 Å². The summed E-state index contributed by atoms with van der Waals surface area (Å²) in [4.78, 5) is 11.9. The van der Waals surface area contributed by atoms with Gasteiger partial charge in [0.25, 0.3) is 0 Å². The molecule has 0 bridgehead atoms. The Morgan fingerprint density at radius 2 is 1.86 bits per heavy atom. The Balaban J connectivity index is 1.90. The van der Waals surface area contributed by atoms with Crippen LogP contribution in [0, 0.1) is 11.6 Å². The van der Waals surface area contributed by atoms with E-state index in [9.17, 15) is 22.0 Å². The predicted molar refractivity (Wildman–Crippen MR) is 104 cm³/mol. The van der Waals surface area contributed by atoms with Crippen LogP contribution in [0.25, 0.3) is 5.69 Å². The zero-order chi connectivity index (χ0) is 21.3. The summed E-state index contributed by atoms with van der Waals surface area (Å²) in [7, 11) is -4.19. The Morgan fingerprint density at radius 1 is 1.17 bits per heavy atom. The molecule has 12 heteroatoms. The molecular formula is C17H12Cl2F2N4O3S. The van der Waals surface area contributed by atoms with E-state index in [-0.39, 0.29) is 26.9 Å². The molecule has 1 aromatic heterocycles. The van der Waals surface area contributed by atoms with Gasteiger partial charge in [-0.05, 0) is 30.3 Å². The Labute approximate surface area is 174 Å². The molecule has 152 valence electrons. The zero-order valence-corrected chi connectivity index (χ0v) is 16.7. The highest BCUT2D eigenvalue weighted by molar-refractivity contribution is 7.89. The van der Waals surface area contributed by atoms with Crippen molar-refractivity contribution in [3.05, 3.63) is 70.0 Å². The number of nitrogens with one attached hydrogen (secondary N) is 1. The first-order valence-electron chi connectivity index (χ1n) is 7.86. The van der Waals surface area contributed by atoms with Crippen LogP contribution in [0.4, 0.5) is 14.5 Å². The van der Waals surface area contributed by atoms with Crippen molar-refractivity contribution in [3.63, 3.8) is 0 Å². The van der Waals surface area contributed by atoms with Gasteiger partial charge < -0.3 is 5.32 Å². The van der Waals surface area contributed by atoms with Gasteiger partial charge >= 0.3 is 0 Å². The molecule has 1 amide bonds. The number of aromatic nitrogens is 2. The van der Waals surface area contributed by atoms with E-state index < -0.39 is 39.0 Å². The summed E-state index contributed by atoms with van der Waals surface area (Å²) in [5.41, 5.74) is -0.149. The zero-order valence-electron chi connectivity index (χ0n) is 14.4. The number of primary sulfonamides is 1. The summed E-state index contributed by atoms with van der Waals surface area (Å²) in [5, 5.41) is 11.3. The van der Waals surface area contributed by atoms with Crippen LogP contribution in [-0.4, -0.2) is 24.1 Å². The number of nitrogens with two attached hydrogens (primary N) is 1. The molecule has 0 aliphatic carbocycles. The standard InChI is InChI=1S/C17H12Cl2F2N4O3S/c18-9-7-23-25(8-9)14-4-1-10(5-15(14)29(22,27)28)24-16(26)6-11-12(20)2-3-13(21)17(11)19/h1-5,7-8H,6H2,(H,24,26)(H2,22,27,28). The van der Waals surface area contributed by atoms with Gasteiger partial charge in [-0.25, -0.2) is 27.0 Å². The van der Waals surface area contributed by atoms with Crippen molar-refractivity contribution in [1.29, 1.82) is 0 Å². The molecule has 0 radical (unpaired) electrons. The van der Waals surface area contributed by atoms with E-state index in [0.717, 1.165) is 18.2 Å². The largest absolute Gasteiger partial charge is 0.326 e. The fraction of sp³-hybridized carbons (Fsp3) is 0.0588. The van der Waals surface area contributed by atoms with Crippen LogP contribution in [0.2, 0.25) is 10.0 Å². The Hall–Kier alpha value is -2.53. The van der Waals surface area contributed by atoms with Gasteiger partial charge in [0, 0.05) is 17.4 Å². The molecule has 0 aliphatic heterocycles. The Kier molecular flexibility index (Phi) is 5.90. The number of amides is 1. The lowest BCUT2D eigenvalue weighted by Gasteiger charge is -2.12. The molecule has 3 aromatic rings. The van der Waals surface area contributed by atoms with E-state index in [4.69, 9.17) is 28.3 Å². The van der Waals surface area contributed by atoms with Crippen molar-refractivity contribution in [2.45, 2.75) is 11.3 Å². The van der Waals surface area contributed by atoms with Crippen molar-refractivity contribution < 1.29 is 22.0 Å². The van der Waals surface area contributed by atoms with Gasteiger partial charge in [-0.15, -0.1) is 0 Å². The second-order valence-electron chi connectivity index (χ2n) is 5.88. The van der Waals surface area contributed by atoms with Crippen LogP contribution in [0.15, 0.2) is 47.6 Å². The highest BCUT2D eigenvalue weighted by Gasteiger charge is 2.19. The highest BCUT2D eigenvalue weighted by atomic mass is 35.5. The lowest BCUT2D eigenvalue weighted by atomic mass is 10.1. The van der Waals surface area contributed by atoms with Gasteiger partial charge in [0.15, 0.2) is 0 Å². The van der Waals surface area contributed by atoms with Gasteiger partial charge in [0.2, 0.25) is 15.9 Å². The summed E-state index contributed by atoms with van der Waals surface area (Å²) in [6.07, 6.45) is 2.11. The van der Waals surface area contributed by atoms with Crippen molar-refractivity contribution in [3.8, 4) is 5.69 Å². The first-order chi connectivity index (χ1) is 13.6. The van der Waals surface area contributed by atoms with Crippen molar-refractivity contribution in [2.24, 2.45) is 5.14 Å². The first kappa shape index (κ1) is 21.2. The number of carbonyl (C=O) groups is 1. The number of nitrogens with zero attached hydrogens (tertiary/aromatic N) is 2. The number of rotatable bonds is 5. The fourth-order valence-electron chi connectivity index (χ4n) is 2.54. The van der Waals surface area contributed by atoms with Crippen LogP contribution in [0.1, 0.15) is 5.56 Å². The van der Waals surface area contributed by atoms with E-state index in [0.29, 0.717) is 0 Å². The molecule has 0 spiro atoms. The predicted octanol–water partition coefficient (Wildman–Crippen LogP) is 3.29. The summed E-state index contributed by atoms with van der Waals surface area (Å²) in [6, 6.07) is 5.56. The van der Waals surface area contributed by atoms with E-state index >= 15 is 0 Å². The van der Waals surface area contributed by atoms with E-state index in [1.807, 2.05) is 0 Å².